The summed E-state index contributed by atoms with van der Waals surface area (Å²) in [4.78, 5) is 34.3. The first kappa shape index (κ1) is 28.4. The molecule has 0 saturated carbocycles. The molecule has 220 valence electrons. The number of ether oxygens (including phenoxy) is 1. The summed E-state index contributed by atoms with van der Waals surface area (Å²) < 4.78 is 6.15. The van der Waals surface area contributed by atoms with Gasteiger partial charge in [0.1, 0.15) is 23.6 Å². The maximum atomic E-state index is 13.6. The first-order valence-electron chi connectivity index (χ1n) is 12.9. The molecule has 2 aliphatic heterocycles. The van der Waals surface area contributed by atoms with E-state index in [0.717, 1.165) is 17.2 Å². The number of aliphatic hydroxyl groups is 2. The molecular formula is C28H28N4O10. The lowest BCUT2D eigenvalue weighted by Crippen LogP contribution is -2.46. The molecule has 2 unspecified atom stereocenters. The minimum absolute atomic E-state index is 0.0184. The Hall–Kier alpha value is -5.08. The Bertz CT molecular complexity index is 1640. The predicted octanol–water partition coefficient (Wildman–Crippen LogP) is 1.30. The van der Waals surface area contributed by atoms with Crippen LogP contribution in [0.5, 0.6) is 28.9 Å². The lowest BCUT2D eigenvalue weighted by Gasteiger charge is -2.30. The van der Waals surface area contributed by atoms with Crippen molar-refractivity contribution < 1.29 is 50.1 Å². The van der Waals surface area contributed by atoms with E-state index in [1.165, 1.54) is 6.08 Å². The maximum Gasteiger partial charge on any atom is 0.326 e. The molecule has 14 nitrogen and oxygen atoms in total. The van der Waals surface area contributed by atoms with Crippen molar-refractivity contribution >= 4 is 35.4 Å². The molecule has 0 fully saturated rings. The summed E-state index contributed by atoms with van der Waals surface area (Å²) >= 11 is 0. The fourth-order valence-electron chi connectivity index (χ4n) is 5.21. The third kappa shape index (κ3) is 4.65. The Morgan fingerprint density at radius 2 is 1.83 bits per heavy atom. The molecule has 0 saturated heterocycles. The topological polar surface area (TPSA) is 227 Å². The van der Waals surface area contributed by atoms with E-state index in [2.05, 4.69) is 15.3 Å². The van der Waals surface area contributed by atoms with Crippen molar-refractivity contribution in [1.82, 2.24) is 14.9 Å². The van der Waals surface area contributed by atoms with Crippen LogP contribution in [0.25, 0.3) is 23.0 Å². The number of methoxy groups -OCH3 is 1. The minimum atomic E-state index is -1.52. The van der Waals surface area contributed by atoms with Crippen LogP contribution in [0.4, 0.5) is 5.69 Å². The second-order valence-electron chi connectivity index (χ2n) is 9.91. The lowest BCUT2D eigenvalue weighted by molar-refractivity contribution is -0.143. The van der Waals surface area contributed by atoms with Gasteiger partial charge in [0, 0.05) is 48.5 Å². The highest BCUT2D eigenvalue weighted by molar-refractivity contribution is 6.21. The number of aliphatic imine (C=N–C) groups is 1. The molecule has 14 heteroatoms. The number of hydrogen-bond acceptors (Lipinski definition) is 11. The maximum absolute atomic E-state index is 13.6. The smallest absolute Gasteiger partial charge is 0.326 e. The van der Waals surface area contributed by atoms with E-state index in [1.54, 1.807) is 12.3 Å². The number of rotatable bonds is 9. The van der Waals surface area contributed by atoms with Gasteiger partial charge in [-0.1, -0.05) is 18.2 Å². The molecule has 42 heavy (non-hydrogen) atoms. The summed E-state index contributed by atoms with van der Waals surface area (Å²) in [6, 6.07) is 4.33. The highest BCUT2D eigenvalue weighted by Gasteiger charge is 2.40. The van der Waals surface area contributed by atoms with Gasteiger partial charge in [0.25, 0.3) is 0 Å². The number of nitrogens with zero attached hydrogens (tertiary/aromatic N) is 3. The third-order valence-electron chi connectivity index (χ3n) is 7.38. The van der Waals surface area contributed by atoms with Crippen LogP contribution in [-0.4, -0.2) is 89.8 Å². The molecule has 1 amide bonds. The van der Waals surface area contributed by atoms with Gasteiger partial charge in [0.2, 0.25) is 23.3 Å². The van der Waals surface area contributed by atoms with Gasteiger partial charge in [0.15, 0.2) is 11.5 Å². The number of carbonyl (C=O) groups is 2. The fraction of sp³-hybridized carbons (Fsp3) is 0.286. The molecule has 5 rings (SSSR count). The molecule has 8 N–H and O–H groups in total. The molecule has 2 aliphatic rings. The number of hydrogen-bond donors (Lipinski definition) is 8. The van der Waals surface area contributed by atoms with Crippen LogP contribution in [-0.2, 0) is 16.0 Å². The molecule has 0 radical (unpaired) electrons. The third-order valence-corrected chi connectivity index (χ3v) is 7.38. The van der Waals surface area contributed by atoms with E-state index >= 15 is 0 Å². The zero-order valence-corrected chi connectivity index (χ0v) is 22.2. The Morgan fingerprint density at radius 1 is 1.12 bits per heavy atom. The molecule has 3 heterocycles. The average Bonchev–Trinajstić information content (AvgIpc) is 3.54. The van der Waals surface area contributed by atoms with Gasteiger partial charge in [-0.2, -0.15) is 0 Å². The number of carboxylic acids is 1. The Labute approximate surface area is 238 Å². The minimum Gasteiger partial charge on any atom is -0.504 e. The van der Waals surface area contributed by atoms with Crippen molar-refractivity contribution in [1.29, 1.82) is 0 Å². The molecule has 0 aliphatic carbocycles. The number of nitrogens with one attached hydrogen (secondary N) is 1. The number of aromatic hydroxyl groups is 4. The molecule has 2 aromatic carbocycles. The van der Waals surface area contributed by atoms with Crippen LogP contribution in [0.3, 0.4) is 0 Å². The standard InChI is InChI=1S/C28H28N4O10/c1-42-24-22(36)20-15(21(35)23(24)37)8-19(26(38)31-18(28(40)41)6-12(10-33)11-34)32-25(20)30-17(27(32)39)7-13-9-29-16-5-3-2-4-14(13)16/h2-5,7,9,12,18-19,33-37,39H,6,8,10-11H2,1H3,(H,31,38)(H,40,41). The zero-order valence-electron chi connectivity index (χ0n) is 22.2. The van der Waals surface area contributed by atoms with Crippen molar-refractivity contribution in [2.75, 3.05) is 20.3 Å². The normalized spacial score (nSPS) is 16.7. The number of aliphatic hydroxyl groups excluding tert-OH is 2. The quantitative estimate of drug-likeness (QED) is 0.133. The Balaban J connectivity index is 1.65. The summed E-state index contributed by atoms with van der Waals surface area (Å²) in [5.41, 5.74) is 1.83. The monoisotopic (exact) mass is 580 g/mol. The van der Waals surface area contributed by atoms with Crippen LogP contribution in [0.1, 0.15) is 29.3 Å². The number of aliphatic carboxylic acids is 1. The van der Waals surface area contributed by atoms with E-state index < -0.39 is 78.4 Å². The van der Waals surface area contributed by atoms with E-state index in [-0.39, 0.29) is 29.1 Å². The van der Waals surface area contributed by atoms with Crippen LogP contribution in [0.2, 0.25) is 0 Å². The number of benzene rings is 2. The average molecular weight is 581 g/mol. The molecule has 0 bridgehead atoms. The number of aromatic nitrogens is 2. The van der Waals surface area contributed by atoms with Gasteiger partial charge in [-0.3, -0.25) is 14.4 Å². The summed E-state index contributed by atoms with van der Waals surface area (Å²) in [6.45, 7) is -1.03. The number of phenols is 3. The summed E-state index contributed by atoms with van der Waals surface area (Å²) in [6.07, 6.45) is 2.40. The van der Waals surface area contributed by atoms with Crippen LogP contribution in [0, 0.1) is 5.92 Å². The van der Waals surface area contributed by atoms with Gasteiger partial charge in [-0.25, -0.2) is 9.78 Å². The van der Waals surface area contributed by atoms with Crippen molar-refractivity contribution in [2.45, 2.75) is 24.9 Å². The lowest BCUT2D eigenvalue weighted by atomic mass is 9.91. The Kier molecular flexibility index (Phi) is 7.49. The van der Waals surface area contributed by atoms with E-state index in [9.17, 15) is 45.3 Å². The molecule has 3 aromatic rings. The van der Waals surface area contributed by atoms with Crippen molar-refractivity contribution in [3.63, 3.8) is 0 Å². The number of carboxylic acid groups (broad SMARTS) is 1. The van der Waals surface area contributed by atoms with Crippen molar-refractivity contribution in [3.05, 3.63) is 41.1 Å². The predicted molar refractivity (Wildman–Crippen MR) is 148 cm³/mol. The second-order valence-corrected chi connectivity index (χ2v) is 9.91. The number of carbonyl (C=O) groups excluding carboxylic acids is 1. The number of imidazole rings is 1. The SMILES string of the molecule is COc1c(O)c(O)c2c(c1O)-c1nc(C=C3C=Nc4ccccc43)c(O)n1C(C(=O)NC(CC(CO)CO)C(=O)O)C2. The summed E-state index contributed by atoms with van der Waals surface area (Å²) in [5, 5.41) is 74.5. The van der Waals surface area contributed by atoms with Crippen LogP contribution in [0.15, 0.2) is 29.3 Å². The number of fused-ring (bicyclic) bond motifs is 4. The number of amides is 1. The molecular weight excluding hydrogens is 552 g/mol. The van der Waals surface area contributed by atoms with Gasteiger partial charge in [0.05, 0.1) is 18.4 Å². The zero-order chi connectivity index (χ0) is 30.3. The largest absolute Gasteiger partial charge is 0.504 e. The summed E-state index contributed by atoms with van der Waals surface area (Å²) in [7, 11) is 1.16. The first-order chi connectivity index (χ1) is 20.1. The van der Waals surface area contributed by atoms with E-state index in [1.807, 2.05) is 18.2 Å². The summed E-state index contributed by atoms with van der Waals surface area (Å²) in [5.74, 6) is -6.34. The van der Waals surface area contributed by atoms with Crippen molar-refractivity contribution in [3.8, 4) is 40.3 Å². The van der Waals surface area contributed by atoms with Gasteiger partial charge < -0.3 is 45.8 Å². The van der Waals surface area contributed by atoms with Gasteiger partial charge >= 0.3 is 5.97 Å². The number of para-hydroxylation sites is 1. The van der Waals surface area contributed by atoms with Gasteiger partial charge in [-0.05, 0) is 18.6 Å². The second kappa shape index (κ2) is 11.1. The highest BCUT2D eigenvalue weighted by atomic mass is 16.5. The van der Waals surface area contributed by atoms with Crippen molar-refractivity contribution in [2.24, 2.45) is 10.9 Å². The first-order valence-corrected chi connectivity index (χ1v) is 12.9. The fourth-order valence-corrected chi connectivity index (χ4v) is 5.21. The number of phenolic OH excluding ortho intramolecular Hbond substituents is 3. The van der Waals surface area contributed by atoms with Crippen LogP contribution >= 0.6 is 0 Å². The van der Waals surface area contributed by atoms with Gasteiger partial charge in [-0.15, -0.1) is 0 Å². The molecule has 1 aromatic heterocycles. The number of allylic oxidation sites excluding steroid dienone is 1. The molecule has 2 atom stereocenters. The van der Waals surface area contributed by atoms with E-state index in [4.69, 9.17) is 4.74 Å². The highest BCUT2D eigenvalue weighted by Crippen LogP contribution is 2.55. The Morgan fingerprint density at radius 3 is 2.50 bits per heavy atom. The van der Waals surface area contributed by atoms with Crippen LogP contribution < -0.4 is 10.1 Å². The molecule has 0 spiro atoms. The van der Waals surface area contributed by atoms with E-state index in [0.29, 0.717) is 11.3 Å².